The summed E-state index contributed by atoms with van der Waals surface area (Å²) in [5, 5.41) is 17.5. The van der Waals surface area contributed by atoms with Crippen LogP contribution >= 0.6 is 0 Å². The van der Waals surface area contributed by atoms with Crippen LogP contribution < -0.4 is 4.73 Å². The Kier molecular flexibility index (Phi) is 4.56. The number of rotatable bonds is 0. The van der Waals surface area contributed by atoms with Gasteiger partial charge in [0.2, 0.25) is 0 Å². The van der Waals surface area contributed by atoms with Gasteiger partial charge in [0.1, 0.15) is 0 Å². The molecule has 0 aliphatic rings. The van der Waals surface area contributed by atoms with Crippen molar-refractivity contribution < 1.29 is 27.8 Å². The van der Waals surface area contributed by atoms with Crippen LogP contribution in [0, 0.1) is 12.1 Å². The summed E-state index contributed by atoms with van der Waals surface area (Å²) in [4.78, 5) is 8.90. The predicted molar refractivity (Wildman–Crippen MR) is 43.8 cm³/mol. The summed E-state index contributed by atoms with van der Waals surface area (Å²) in [7, 11) is 0. The molecule has 15 heavy (non-hydrogen) atoms. The van der Waals surface area contributed by atoms with E-state index in [1.54, 1.807) is 6.07 Å². The van der Waals surface area contributed by atoms with Gasteiger partial charge in [-0.15, -0.1) is 0 Å². The fourth-order valence-electron chi connectivity index (χ4n) is 0.566. The van der Waals surface area contributed by atoms with Gasteiger partial charge < -0.3 is 10.3 Å². The predicted octanol–water partition coefficient (Wildman–Crippen LogP) is 1.26. The zero-order chi connectivity index (χ0) is 12.1. The van der Waals surface area contributed by atoms with Crippen molar-refractivity contribution in [2.24, 2.45) is 0 Å². The second kappa shape index (κ2) is 5.18. The van der Waals surface area contributed by atoms with Crippen molar-refractivity contribution in [2.45, 2.75) is 13.1 Å². The van der Waals surface area contributed by atoms with Gasteiger partial charge in [0.05, 0.1) is 0 Å². The fraction of sp³-hybridized carbons (Fsp3) is 0.250. The molecule has 0 aliphatic carbocycles. The first kappa shape index (κ1) is 13.2. The van der Waals surface area contributed by atoms with E-state index in [1.807, 2.05) is 13.0 Å². The first-order chi connectivity index (χ1) is 6.73. The summed E-state index contributed by atoms with van der Waals surface area (Å²) in [5.41, 5.74) is 0.988. The first-order valence-electron chi connectivity index (χ1n) is 3.69. The molecule has 1 aromatic heterocycles. The molecule has 1 heterocycles. The number of carboxylic acid groups (broad SMARTS) is 1. The zero-order valence-electron chi connectivity index (χ0n) is 7.65. The number of carbonyl (C=O) groups is 1. The van der Waals surface area contributed by atoms with Crippen LogP contribution in [0.2, 0.25) is 0 Å². The summed E-state index contributed by atoms with van der Waals surface area (Å²) in [6, 6.07) is 3.61. The minimum absolute atomic E-state index is 0.787. The van der Waals surface area contributed by atoms with E-state index in [1.165, 1.54) is 12.4 Å². The third-order valence-electron chi connectivity index (χ3n) is 1.17. The minimum atomic E-state index is -5.08. The van der Waals surface area contributed by atoms with Crippen LogP contribution in [-0.4, -0.2) is 17.3 Å². The fourth-order valence-corrected chi connectivity index (χ4v) is 0.566. The number of nitrogens with zero attached hydrogens (tertiary/aromatic N) is 1. The Hall–Kier alpha value is -1.79. The Morgan fingerprint density at radius 3 is 2.20 bits per heavy atom. The van der Waals surface area contributed by atoms with Gasteiger partial charge in [-0.3, -0.25) is 0 Å². The Morgan fingerprint density at radius 2 is 2.00 bits per heavy atom. The van der Waals surface area contributed by atoms with Crippen molar-refractivity contribution in [3.63, 3.8) is 0 Å². The molecule has 0 amide bonds. The molecule has 0 aromatic carbocycles. The molecule has 0 saturated carbocycles. The highest BCUT2D eigenvalue weighted by atomic mass is 19.4. The molecule has 7 heteroatoms. The van der Waals surface area contributed by atoms with Crippen molar-refractivity contribution in [2.75, 3.05) is 0 Å². The molecule has 1 N–H and O–H groups in total. The number of aromatic nitrogens is 1. The third-order valence-corrected chi connectivity index (χ3v) is 1.17. The second-order valence-electron chi connectivity index (χ2n) is 2.54. The average molecular weight is 223 g/mol. The lowest BCUT2D eigenvalue weighted by atomic mass is 10.3. The minimum Gasteiger partial charge on any atom is -0.619 e. The molecule has 1 aromatic rings. The Morgan fingerprint density at radius 1 is 1.53 bits per heavy atom. The van der Waals surface area contributed by atoms with Crippen molar-refractivity contribution >= 4 is 5.97 Å². The third kappa shape index (κ3) is 6.30. The molecule has 0 fully saturated rings. The van der Waals surface area contributed by atoms with Crippen LogP contribution in [-0.2, 0) is 4.79 Å². The van der Waals surface area contributed by atoms with E-state index in [0.29, 0.717) is 0 Å². The van der Waals surface area contributed by atoms with Crippen LogP contribution in [0.25, 0.3) is 0 Å². The highest BCUT2D eigenvalue weighted by Crippen LogP contribution is 2.13. The summed E-state index contributed by atoms with van der Waals surface area (Å²) in [5.74, 6) is -2.76. The summed E-state index contributed by atoms with van der Waals surface area (Å²) < 4.78 is 32.5. The molecule has 4 nitrogen and oxygen atoms in total. The normalized spacial score (nSPS) is 10.1. The van der Waals surface area contributed by atoms with Crippen LogP contribution in [0.3, 0.4) is 0 Å². The molecule has 0 saturated heterocycles. The number of halogens is 3. The molecular formula is C8H8F3NO3. The van der Waals surface area contributed by atoms with Gasteiger partial charge in [0.15, 0.2) is 12.4 Å². The van der Waals surface area contributed by atoms with E-state index in [0.717, 1.165) is 10.3 Å². The maximum Gasteiger partial charge on any atom is 0.490 e. The van der Waals surface area contributed by atoms with Crippen LogP contribution in [0.15, 0.2) is 24.5 Å². The molecule has 0 aliphatic heterocycles. The molecule has 0 atom stereocenters. The number of aryl methyl sites for hydroxylation is 1. The van der Waals surface area contributed by atoms with E-state index >= 15 is 0 Å². The van der Waals surface area contributed by atoms with Crippen molar-refractivity contribution in [1.29, 1.82) is 0 Å². The van der Waals surface area contributed by atoms with Crippen LogP contribution in [0.4, 0.5) is 13.2 Å². The van der Waals surface area contributed by atoms with E-state index in [9.17, 15) is 18.4 Å². The SMILES string of the molecule is Cc1ccc[n+]([O-])c1.O=C(O)C(F)(F)F. The summed E-state index contributed by atoms with van der Waals surface area (Å²) >= 11 is 0. The molecule has 0 spiro atoms. The lowest BCUT2D eigenvalue weighted by molar-refractivity contribution is -0.605. The quantitative estimate of drug-likeness (QED) is 0.532. The number of aliphatic carboxylic acids is 1. The highest BCUT2D eigenvalue weighted by Gasteiger charge is 2.38. The standard InChI is InChI=1S/C6H7NO.C2HF3O2/c1-6-3-2-4-7(8)5-6;3-2(4,5)1(6)7/h2-5H,1H3;(H,6,7). The van der Waals surface area contributed by atoms with Gasteiger partial charge in [-0.1, -0.05) is 0 Å². The Labute approximate surface area is 83.2 Å². The van der Waals surface area contributed by atoms with Crippen molar-refractivity contribution in [3.8, 4) is 0 Å². The number of carboxylic acids is 1. The number of alkyl halides is 3. The maximum absolute atomic E-state index is 10.6. The molecule has 0 bridgehead atoms. The summed E-state index contributed by atoms with van der Waals surface area (Å²) in [6.45, 7) is 1.88. The molecular weight excluding hydrogens is 215 g/mol. The van der Waals surface area contributed by atoms with Crippen LogP contribution in [0.5, 0.6) is 0 Å². The van der Waals surface area contributed by atoms with Crippen molar-refractivity contribution in [1.82, 2.24) is 0 Å². The second-order valence-corrected chi connectivity index (χ2v) is 2.54. The molecule has 0 radical (unpaired) electrons. The van der Waals surface area contributed by atoms with Crippen LogP contribution in [0.1, 0.15) is 5.56 Å². The zero-order valence-corrected chi connectivity index (χ0v) is 7.65. The van der Waals surface area contributed by atoms with Gasteiger partial charge in [0.25, 0.3) is 0 Å². The lowest BCUT2D eigenvalue weighted by Gasteiger charge is -1.93. The number of pyridine rings is 1. The van der Waals surface area contributed by atoms with E-state index < -0.39 is 12.1 Å². The smallest absolute Gasteiger partial charge is 0.490 e. The van der Waals surface area contributed by atoms with Gasteiger partial charge in [-0.2, -0.15) is 17.9 Å². The lowest BCUT2D eigenvalue weighted by Crippen LogP contribution is -2.23. The maximum atomic E-state index is 10.6. The number of hydrogen-bond acceptors (Lipinski definition) is 2. The number of hydrogen-bond donors (Lipinski definition) is 1. The topological polar surface area (TPSA) is 64.2 Å². The monoisotopic (exact) mass is 223 g/mol. The van der Waals surface area contributed by atoms with Gasteiger partial charge in [0, 0.05) is 11.6 Å². The highest BCUT2D eigenvalue weighted by molar-refractivity contribution is 5.73. The van der Waals surface area contributed by atoms with E-state index in [2.05, 4.69) is 0 Å². The van der Waals surface area contributed by atoms with Crippen molar-refractivity contribution in [3.05, 3.63) is 35.3 Å². The Bertz CT molecular complexity index is 321. The van der Waals surface area contributed by atoms with Gasteiger partial charge >= 0.3 is 12.1 Å². The molecule has 0 unspecified atom stereocenters. The average Bonchev–Trinajstić information content (AvgIpc) is 2.02. The van der Waals surface area contributed by atoms with E-state index in [-0.39, 0.29) is 0 Å². The van der Waals surface area contributed by atoms with E-state index in [4.69, 9.17) is 9.90 Å². The van der Waals surface area contributed by atoms with Gasteiger partial charge in [-0.25, -0.2) is 4.79 Å². The summed E-state index contributed by atoms with van der Waals surface area (Å²) in [6.07, 6.45) is -2.09. The molecule has 84 valence electrons. The molecule has 1 rings (SSSR count). The first-order valence-corrected chi connectivity index (χ1v) is 3.69. The largest absolute Gasteiger partial charge is 0.619 e. The van der Waals surface area contributed by atoms with Gasteiger partial charge in [-0.05, 0) is 13.0 Å². The Balaban J connectivity index is 0.000000265.